The largest absolute Gasteiger partial charge is 0.398 e. The predicted molar refractivity (Wildman–Crippen MR) is 64.2 cm³/mol. The monoisotopic (exact) mass is 273 g/mol. The molecule has 2 heterocycles. The lowest BCUT2D eigenvalue weighted by Crippen LogP contribution is -2.50. The fourth-order valence-corrected chi connectivity index (χ4v) is 3.48. The molecule has 3 N–H and O–H groups in total. The van der Waals surface area contributed by atoms with Crippen LogP contribution in [0.2, 0.25) is 0 Å². The molecule has 0 saturated carbocycles. The first-order chi connectivity index (χ1) is 8.57. The summed E-state index contributed by atoms with van der Waals surface area (Å²) in [6.45, 7) is 0.382. The van der Waals surface area contributed by atoms with Crippen LogP contribution >= 0.6 is 0 Å². The molecular weight excluding hydrogens is 258 g/mol. The summed E-state index contributed by atoms with van der Waals surface area (Å²) in [6.07, 6.45) is 2.64. The average molecular weight is 273 g/mol. The van der Waals surface area contributed by atoms with Crippen molar-refractivity contribution in [3.8, 4) is 0 Å². The third-order valence-corrected chi connectivity index (χ3v) is 4.78. The molecule has 1 saturated heterocycles. The minimum Gasteiger partial charge on any atom is -0.398 e. The number of aliphatic hydroxyl groups excluding tert-OH is 1. The van der Waals surface area contributed by atoms with E-state index in [2.05, 4.69) is 4.98 Å². The zero-order chi connectivity index (χ0) is 13.2. The van der Waals surface area contributed by atoms with Crippen molar-refractivity contribution in [3.05, 3.63) is 18.5 Å². The number of hydrogen-bond donors (Lipinski definition) is 2. The quantitative estimate of drug-likeness (QED) is 0.735. The van der Waals surface area contributed by atoms with Gasteiger partial charge in [-0.2, -0.15) is 4.31 Å². The number of nitrogens with two attached hydrogens (primary N) is 1. The number of aromatic nitrogens is 1. The van der Waals surface area contributed by atoms with Crippen LogP contribution in [-0.4, -0.2) is 55.2 Å². The number of rotatable bonds is 3. The lowest BCUT2D eigenvalue weighted by Gasteiger charge is -2.33. The van der Waals surface area contributed by atoms with Crippen molar-refractivity contribution in [2.45, 2.75) is 10.9 Å². The summed E-state index contributed by atoms with van der Waals surface area (Å²) in [7, 11) is -3.75. The van der Waals surface area contributed by atoms with Gasteiger partial charge >= 0.3 is 0 Å². The minimum atomic E-state index is -3.75. The van der Waals surface area contributed by atoms with Gasteiger partial charge in [-0.25, -0.2) is 8.42 Å². The summed E-state index contributed by atoms with van der Waals surface area (Å²) in [6, 6.07) is 0.852. The summed E-state index contributed by atoms with van der Waals surface area (Å²) in [5.41, 5.74) is 5.81. The van der Waals surface area contributed by atoms with Crippen LogP contribution in [0.3, 0.4) is 0 Å². The molecule has 0 aliphatic carbocycles. The molecule has 1 aliphatic rings. The molecular formula is C10H15N3O4S. The van der Waals surface area contributed by atoms with Gasteiger partial charge in [0.1, 0.15) is 4.90 Å². The highest BCUT2D eigenvalue weighted by molar-refractivity contribution is 7.89. The van der Waals surface area contributed by atoms with E-state index in [-0.39, 0.29) is 30.3 Å². The van der Waals surface area contributed by atoms with Gasteiger partial charge in [-0.15, -0.1) is 0 Å². The van der Waals surface area contributed by atoms with Gasteiger partial charge in [0.05, 0.1) is 31.5 Å². The summed E-state index contributed by atoms with van der Waals surface area (Å²) in [4.78, 5) is 3.74. The first kappa shape index (κ1) is 13.2. The third-order valence-electron chi connectivity index (χ3n) is 2.79. The van der Waals surface area contributed by atoms with Crippen molar-refractivity contribution in [3.63, 3.8) is 0 Å². The molecule has 8 heteroatoms. The zero-order valence-corrected chi connectivity index (χ0v) is 10.5. The van der Waals surface area contributed by atoms with Crippen LogP contribution in [0.4, 0.5) is 5.69 Å². The summed E-state index contributed by atoms with van der Waals surface area (Å²) >= 11 is 0. The molecule has 1 aromatic rings. The second kappa shape index (κ2) is 5.19. The number of morpholine rings is 1. The summed E-state index contributed by atoms with van der Waals surface area (Å²) < 4.78 is 31.2. The summed E-state index contributed by atoms with van der Waals surface area (Å²) in [5.74, 6) is 0. The first-order valence-corrected chi connectivity index (χ1v) is 6.91. The highest BCUT2D eigenvalue weighted by Crippen LogP contribution is 2.23. The van der Waals surface area contributed by atoms with Gasteiger partial charge < -0.3 is 15.6 Å². The molecule has 2 rings (SSSR count). The van der Waals surface area contributed by atoms with E-state index >= 15 is 0 Å². The topological polar surface area (TPSA) is 106 Å². The van der Waals surface area contributed by atoms with Crippen LogP contribution in [0, 0.1) is 0 Å². The highest BCUT2D eigenvalue weighted by Gasteiger charge is 2.34. The van der Waals surface area contributed by atoms with Gasteiger partial charge in [0, 0.05) is 18.9 Å². The Hall–Kier alpha value is -1.22. The molecule has 1 fully saturated rings. The lowest BCUT2D eigenvalue weighted by atomic mass is 10.3. The third kappa shape index (κ3) is 2.32. The fraction of sp³-hybridized carbons (Fsp3) is 0.500. The number of sulfonamides is 1. The van der Waals surface area contributed by atoms with Crippen LogP contribution in [0.5, 0.6) is 0 Å². The van der Waals surface area contributed by atoms with Crippen molar-refractivity contribution < 1.29 is 18.3 Å². The van der Waals surface area contributed by atoms with E-state index in [0.29, 0.717) is 6.61 Å². The van der Waals surface area contributed by atoms with E-state index in [1.807, 2.05) is 0 Å². The predicted octanol–water partition coefficient (Wildman–Crippen LogP) is -0.954. The molecule has 0 spiro atoms. The Morgan fingerprint density at radius 1 is 1.61 bits per heavy atom. The van der Waals surface area contributed by atoms with Crippen LogP contribution in [0.25, 0.3) is 0 Å². The van der Waals surface area contributed by atoms with Crippen LogP contribution in [-0.2, 0) is 14.8 Å². The van der Waals surface area contributed by atoms with Gasteiger partial charge in [-0.1, -0.05) is 0 Å². The normalized spacial score (nSPS) is 21.9. The Morgan fingerprint density at radius 2 is 2.39 bits per heavy atom. The number of aliphatic hydroxyl groups is 1. The Bertz CT molecular complexity index is 520. The van der Waals surface area contributed by atoms with E-state index in [1.165, 1.54) is 22.8 Å². The number of nitrogens with zero attached hydrogens (tertiary/aromatic N) is 2. The van der Waals surface area contributed by atoms with Crippen molar-refractivity contribution in [1.29, 1.82) is 0 Å². The highest BCUT2D eigenvalue weighted by atomic mass is 32.2. The van der Waals surface area contributed by atoms with Crippen molar-refractivity contribution in [2.24, 2.45) is 0 Å². The Kier molecular flexibility index (Phi) is 3.81. The van der Waals surface area contributed by atoms with Gasteiger partial charge in [-0.3, -0.25) is 4.98 Å². The van der Waals surface area contributed by atoms with Gasteiger partial charge in [0.15, 0.2) is 0 Å². The maximum atomic E-state index is 12.4. The second-order valence-corrected chi connectivity index (χ2v) is 5.80. The molecule has 100 valence electrons. The van der Waals surface area contributed by atoms with E-state index in [4.69, 9.17) is 10.5 Å². The van der Waals surface area contributed by atoms with E-state index in [0.717, 1.165) is 0 Å². The average Bonchev–Trinajstić information content (AvgIpc) is 2.39. The van der Waals surface area contributed by atoms with E-state index in [9.17, 15) is 13.5 Å². The molecule has 0 radical (unpaired) electrons. The Balaban J connectivity index is 2.39. The van der Waals surface area contributed by atoms with Crippen molar-refractivity contribution >= 4 is 15.7 Å². The van der Waals surface area contributed by atoms with Crippen molar-refractivity contribution in [2.75, 3.05) is 32.1 Å². The van der Waals surface area contributed by atoms with Crippen molar-refractivity contribution in [1.82, 2.24) is 9.29 Å². The Labute approximate surface area is 105 Å². The molecule has 0 aromatic carbocycles. The molecule has 1 aromatic heterocycles. The number of hydrogen-bond acceptors (Lipinski definition) is 6. The van der Waals surface area contributed by atoms with E-state index < -0.39 is 16.1 Å². The SMILES string of the molecule is Nc1ccncc1S(=O)(=O)N1CCOCC1CO. The fourth-order valence-electron chi connectivity index (χ4n) is 1.83. The minimum absolute atomic E-state index is 0.0367. The molecule has 7 nitrogen and oxygen atoms in total. The van der Waals surface area contributed by atoms with Gasteiger partial charge in [0.25, 0.3) is 0 Å². The number of nitrogen functional groups attached to an aromatic ring is 1. The lowest BCUT2D eigenvalue weighted by molar-refractivity contribution is 0.0109. The zero-order valence-electron chi connectivity index (χ0n) is 9.69. The number of pyridine rings is 1. The molecule has 18 heavy (non-hydrogen) atoms. The molecule has 0 amide bonds. The number of anilines is 1. The van der Waals surface area contributed by atoms with Crippen LogP contribution < -0.4 is 5.73 Å². The number of ether oxygens (including phenoxy) is 1. The maximum Gasteiger partial charge on any atom is 0.247 e. The van der Waals surface area contributed by atoms with Gasteiger partial charge in [-0.05, 0) is 6.07 Å². The van der Waals surface area contributed by atoms with Crippen LogP contribution in [0.1, 0.15) is 0 Å². The van der Waals surface area contributed by atoms with Gasteiger partial charge in [0.2, 0.25) is 10.0 Å². The first-order valence-electron chi connectivity index (χ1n) is 5.47. The molecule has 1 atom stereocenters. The smallest absolute Gasteiger partial charge is 0.247 e. The molecule has 0 bridgehead atoms. The van der Waals surface area contributed by atoms with Crippen LogP contribution in [0.15, 0.2) is 23.4 Å². The maximum absolute atomic E-state index is 12.4. The summed E-state index contributed by atoms with van der Waals surface area (Å²) in [5, 5.41) is 9.21. The standard InChI is InChI=1S/C10H15N3O4S/c11-9-1-2-12-5-10(9)18(15,16)13-3-4-17-7-8(13)6-14/h1-2,5,8,14H,3-4,6-7H2,(H2,11,12). The molecule has 1 unspecified atom stereocenters. The molecule has 1 aliphatic heterocycles. The van der Waals surface area contributed by atoms with E-state index in [1.54, 1.807) is 0 Å². The Morgan fingerprint density at radius 3 is 3.06 bits per heavy atom. The second-order valence-electron chi connectivity index (χ2n) is 3.94.